The number of nitrogens with one attached hydrogen (secondary N) is 2. The predicted octanol–water partition coefficient (Wildman–Crippen LogP) is -0.127. The highest BCUT2D eigenvalue weighted by atomic mass is 32.1. The van der Waals surface area contributed by atoms with E-state index >= 15 is 0 Å². The maximum Gasteiger partial charge on any atom is 0.197 e. The number of rotatable bonds is 1. The Bertz CT molecular complexity index is 375. The summed E-state index contributed by atoms with van der Waals surface area (Å²) >= 11 is 4.96. The molecule has 0 aliphatic carbocycles. The number of pyridine rings is 1. The van der Waals surface area contributed by atoms with E-state index in [-0.39, 0.29) is 6.17 Å². The average molecular weight is 207 g/mol. The summed E-state index contributed by atoms with van der Waals surface area (Å²) in [6.45, 7) is 0. The first kappa shape index (κ1) is 8.89. The van der Waals surface area contributed by atoms with Crippen LogP contribution < -0.4 is 16.4 Å². The van der Waals surface area contributed by atoms with Gasteiger partial charge in [0.1, 0.15) is 0 Å². The molecule has 6 heteroatoms. The molecule has 0 fully saturated rings. The number of nitrogens with two attached hydrogens (primary N) is 1. The topological polar surface area (TPSA) is 75.3 Å². The molecule has 1 unspecified atom stereocenters. The van der Waals surface area contributed by atoms with Gasteiger partial charge in [-0.15, -0.1) is 0 Å². The zero-order valence-electron chi connectivity index (χ0n) is 7.27. The summed E-state index contributed by atoms with van der Waals surface area (Å²) in [5, 5.41) is 6.16. The van der Waals surface area contributed by atoms with Gasteiger partial charge < -0.3 is 16.4 Å². The minimum absolute atomic E-state index is 0.238. The number of nitrogens with zero attached hydrogens (tertiary/aromatic N) is 2. The molecule has 0 amide bonds. The number of guanidine groups is 1. The Kier molecular flexibility index (Phi) is 2.28. The van der Waals surface area contributed by atoms with E-state index in [0.717, 1.165) is 5.56 Å². The number of aliphatic imine (C=N–C) groups is 1. The first-order chi connectivity index (χ1) is 6.75. The van der Waals surface area contributed by atoms with Gasteiger partial charge in [0.25, 0.3) is 0 Å². The standard InChI is InChI=1S/C8H9N5S/c9-7-11-6(12-8(14)13-7)5-2-1-3-10-4-5/h1-4,6H,(H4,9,11,12,13,14). The third-order valence-electron chi connectivity index (χ3n) is 1.78. The summed E-state index contributed by atoms with van der Waals surface area (Å²) in [6, 6.07) is 3.75. The van der Waals surface area contributed by atoms with Crippen molar-refractivity contribution in [2.24, 2.45) is 10.7 Å². The van der Waals surface area contributed by atoms with E-state index in [1.54, 1.807) is 12.4 Å². The zero-order valence-corrected chi connectivity index (χ0v) is 8.08. The third-order valence-corrected chi connectivity index (χ3v) is 2.00. The molecule has 5 nitrogen and oxygen atoms in total. The minimum Gasteiger partial charge on any atom is -0.370 e. The van der Waals surface area contributed by atoms with Crippen molar-refractivity contribution in [2.45, 2.75) is 6.17 Å². The van der Waals surface area contributed by atoms with Crippen LogP contribution in [-0.4, -0.2) is 16.1 Å². The lowest BCUT2D eigenvalue weighted by atomic mass is 10.2. The van der Waals surface area contributed by atoms with Crippen LogP contribution in [0.25, 0.3) is 0 Å². The van der Waals surface area contributed by atoms with E-state index in [1.807, 2.05) is 12.1 Å². The molecule has 0 spiro atoms. The van der Waals surface area contributed by atoms with Crippen molar-refractivity contribution in [3.8, 4) is 0 Å². The maximum absolute atomic E-state index is 5.54. The molecule has 0 saturated carbocycles. The van der Waals surface area contributed by atoms with Crippen molar-refractivity contribution in [1.29, 1.82) is 0 Å². The summed E-state index contributed by atoms with van der Waals surface area (Å²) in [4.78, 5) is 8.14. The van der Waals surface area contributed by atoms with Gasteiger partial charge in [0.2, 0.25) is 0 Å². The SMILES string of the molecule is NC1=NC(c2cccnc2)NC(=S)N1. The first-order valence-electron chi connectivity index (χ1n) is 4.06. The highest BCUT2D eigenvalue weighted by Crippen LogP contribution is 2.13. The Hall–Kier alpha value is -1.69. The van der Waals surface area contributed by atoms with Gasteiger partial charge in [0, 0.05) is 18.0 Å². The highest BCUT2D eigenvalue weighted by molar-refractivity contribution is 7.80. The van der Waals surface area contributed by atoms with Crippen LogP contribution in [0.3, 0.4) is 0 Å². The zero-order chi connectivity index (χ0) is 9.97. The van der Waals surface area contributed by atoms with Crippen molar-refractivity contribution < 1.29 is 0 Å². The molecule has 1 aromatic rings. The summed E-state index contributed by atoms with van der Waals surface area (Å²) in [6.07, 6.45) is 3.19. The number of hydrogen-bond donors (Lipinski definition) is 3. The molecule has 0 aromatic carbocycles. The lowest BCUT2D eigenvalue weighted by molar-refractivity contribution is 0.657. The van der Waals surface area contributed by atoms with E-state index in [1.165, 1.54) is 0 Å². The lowest BCUT2D eigenvalue weighted by Gasteiger charge is -2.22. The van der Waals surface area contributed by atoms with Crippen LogP contribution in [0.15, 0.2) is 29.5 Å². The molecule has 1 aliphatic heterocycles. The van der Waals surface area contributed by atoms with Gasteiger partial charge in [-0.2, -0.15) is 0 Å². The quantitative estimate of drug-likeness (QED) is 0.559. The second kappa shape index (κ2) is 3.59. The Labute approximate surface area is 86.4 Å². The fourth-order valence-electron chi connectivity index (χ4n) is 1.18. The van der Waals surface area contributed by atoms with E-state index in [9.17, 15) is 0 Å². The largest absolute Gasteiger partial charge is 0.370 e. The molecule has 2 rings (SSSR count). The molecule has 1 aromatic heterocycles. The van der Waals surface area contributed by atoms with Crippen molar-refractivity contribution in [2.75, 3.05) is 0 Å². The van der Waals surface area contributed by atoms with Crippen LogP contribution in [0, 0.1) is 0 Å². The van der Waals surface area contributed by atoms with Gasteiger partial charge in [0.05, 0.1) is 0 Å². The molecular weight excluding hydrogens is 198 g/mol. The van der Waals surface area contributed by atoms with Gasteiger partial charge in [-0.1, -0.05) is 6.07 Å². The number of aromatic nitrogens is 1. The lowest BCUT2D eigenvalue weighted by Crippen LogP contribution is -2.49. The number of thiocarbonyl (C=S) groups is 1. The second-order valence-corrected chi connectivity index (χ2v) is 3.21. The van der Waals surface area contributed by atoms with Crippen molar-refractivity contribution in [3.05, 3.63) is 30.1 Å². The fraction of sp³-hybridized carbons (Fsp3) is 0.125. The van der Waals surface area contributed by atoms with E-state index in [2.05, 4.69) is 20.6 Å². The van der Waals surface area contributed by atoms with E-state index < -0.39 is 0 Å². The molecular formula is C8H9N5S. The van der Waals surface area contributed by atoms with Crippen LogP contribution in [0.4, 0.5) is 0 Å². The molecule has 72 valence electrons. The maximum atomic E-state index is 5.54. The molecule has 0 radical (unpaired) electrons. The summed E-state index contributed by atoms with van der Waals surface area (Å²) < 4.78 is 0. The van der Waals surface area contributed by atoms with Crippen molar-refractivity contribution >= 4 is 23.3 Å². The van der Waals surface area contributed by atoms with Crippen LogP contribution in [0.2, 0.25) is 0 Å². The molecule has 0 bridgehead atoms. The van der Waals surface area contributed by atoms with Gasteiger partial charge >= 0.3 is 0 Å². The summed E-state index contributed by atoms with van der Waals surface area (Å²) in [7, 11) is 0. The van der Waals surface area contributed by atoms with Gasteiger partial charge in [0.15, 0.2) is 17.2 Å². The summed E-state index contributed by atoms with van der Waals surface area (Å²) in [5.74, 6) is 0.322. The third kappa shape index (κ3) is 1.80. The summed E-state index contributed by atoms with van der Waals surface area (Å²) in [5.41, 5.74) is 6.47. The average Bonchev–Trinajstić information content (AvgIpc) is 2.18. The van der Waals surface area contributed by atoms with Crippen LogP contribution >= 0.6 is 12.2 Å². The molecule has 4 N–H and O–H groups in total. The Morgan fingerprint density at radius 1 is 1.50 bits per heavy atom. The van der Waals surface area contributed by atoms with Gasteiger partial charge in [-0.25, -0.2) is 4.99 Å². The first-order valence-corrected chi connectivity index (χ1v) is 4.47. The normalized spacial score (nSPS) is 20.7. The van der Waals surface area contributed by atoms with Crippen LogP contribution in [0.1, 0.15) is 11.7 Å². The molecule has 0 saturated heterocycles. The number of hydrogen-bond acceptors (Lipinski definition) is 4. The smallest absolute Gasteiger partial charge is 0.197 e. The van der Waals surface area contributed by atoms with Crippen LogP contribution in [-0.2, 0) is 0 Å². The molecule has 1 atom stereocenters. The molecule has 1 aliphatic rings. The Morgan fingerprint density at radius 3 is 3.00 bits per heavy atom. The highest BCUT2D eigenvalue weighted by Gasteiger charge is 2.16. The molecule has 2 heterocycles. The minimum atomic E-state index is -0.238. The molecule has 14 heavy (non-hydrogen) atoms. The second-order valence-electron chi connectivity index (χ2n) is 2.80. The van der Waals surface area contributed by atoms with Crippen molar-refractivity contribution in [3.63, 3.8) is 0 Å². The Morgan fingerprint density at radius 2 is 2.36 bits per heavy atom. The predicted molar refractivity (Wildman–Crippen MR) is 57.5 cm³/mol. The monoisotopic (exact) mass is 207 g/mol. The van der Waals surface area contributed by atoms with E-state index in [0.29, 0.717) is 11.1 Å². The Balaban J connectivity index is 2.28. The van der Waals surface area contributed by atoms with Crippen molar-refractivity contribution in [1.82, 2.24) is 15.6 Å². The van der Waals surface area contributed by atoms with E-state index in [4.69, 9.17) is 18.0 Å². The van der Waals surface area contributed by atoms with Gasteiger partial charge in [-0.3, -0.25) is 4.98 Å². The van der Waals surface area contributed by atoms with Gasteiger partial charge in [-0.05, 0) is 18.3 Å². The van der Waals surface area contributed by atoms with Crippen LogP contribution in [0.5, 0.6) is 0 Å². The fourth-order valence-corrected chi connectivity index (χ4v) is 1.39.